The van der Waals surface area contributed by atoms with Crippen LogP contribution in [0, 0.1) is 0 Å². The van der Waals surface area contributed by atoms with Crippen molar-refractivity contribution >= 4 is 0 Å². The van der Waals surface area contributed by atoms with Crippen LogP contribution in [0.1, 0.15) is 24.4 Å². The van der Waals surface area contributed by atoms with Gasteiger partial charge in [0, 0.05) is 6.04 Å². The molecule has 0 bridgehead atoms. The number of hydrogen-bond donors (Lipinski definition) is 1. The van der Waals surface area contributed by atoms with E-state index in [2.05, 4.69) is 44.6 Å². The fraction of sp³-hybridized carbons (Fsp3) is 0.176. The van der Waals surface area contributed by atoms with Gasteiger partial charge in [0.05, 0.1) is 18.5 Å². The van der Waals surface area contributed by atoms with Crippen LogP contribution < -0.4 is 5.32 Å². The molecule has 1 aromatic carbocycles. The molecule has 0 amide bonds. The van der Waals surface area contributed by atoms with Crippen molar-refractivity contribution in [2.75, 3.05) is 0 Å². The first-order valence-electron chi connectivity index (χ1n) is 7.84. The normalized spacial score (nSPS) is 12.4. The Balaban J connectivity index is 1.38. The largest absolute Gasteiger partial charge is 0.461 e. The third kappa shape index (κ3) is 3.33. The Kier molecular flexibility index (Phi) is 4.09. The Labute approximate surface area is 143 Å². The highest BCUT2D eigenvalue weighted by molar-refractivity contribution is 5.44. The van der Waals surface area contributed by atoms with Crippen LogP contribution in [-0.2, 0) is 6.54 Å². The van der Waals surface area contributed by atoms with E-state index in [9.17, 15) is 0 Å². The van der Waals surface area contributed by atoms with Crippen molar-refractivity contribution in [3.05, 3.63) is 66.8 Å². The van der Waals surface area contributed by atoms with E-state index in [0.717, 1.165) is 11.3 Å². The minimum atomic E-state index is 0.128. The first-order valence-corrected chi connectivity index (χ1v) is 7.84. The lowest BCUT2D eigenvalue weighted by Crippen LogP contribution is -2.18. The fourth-order valence-corrected chi connectivity index (χ4v) is 2.45. The van der Waals surface area contributed by atoms with Crippen LogP contribution in [0.15, 0.2) is 64.3 Å². The van der Waals surface area contributed by atoms with E-state index in [4.69, 9.17) is 8.94 Å². The highest BCUT2D eigenvalue weighted by atomic mass is 16.5. The molecule has 0 saturated heterocycles. The van der Waals surface area contributed by atoms with Crippen molar-refractivity contribution in [3.8, 4) is 17.3 Å². The predicted octanol–water partition coefficient (Wildman–Crippen LogP) is 2.76. The summed E-state index contributed by atoms with van der Waals surface area (Å²) in [6.45, 7) is 2.55. The number of rotatable bonds is 6. The molecule has 0 fully saturated rings. The van der Waals surface area contributed by atoms with Gasteiger partial charge in [-0.25, -0.2) is 9.67 Å². The first-order chi connectivity index (χ1) is 12.3. The van der Waals surface area contributed by atoms with Gasteiger partial charge in [-0.1, -0.05) is 17.3 Å². The zero-order valence-electron chi connectivity index (χ0n) is 13.5. The van der Waals surface area contributed by atoms with Gasteiger partial charge < -0.3 is 14.3 Å². The SMILES string of the molecule is C[C@@H](NCc1nc(-c2ccco2)no1)c1ccc(-n2cncn2)cc1. The zero-order chi connectivity index (χ0) is 17.1. The Morgan fingerprint density at radius 1 is 1.20 bits per heavy atom. The average molecular weight is 336 g/mol. The molecule has 0 spiro atoms. The van der Waals surface area contributed by atoms with Crippen molar-refractivity contribution in [3.63, 3.8) is 0 Å². The van der Waals surface area contributed by atoms with Crippen LogP contribution in [0.5, 0.6) is 0 Å². The molecule has 4 rings (SSSR count). The van der Waals surface area contributed by atoms with Gasteiger partial charge in [-0.05, 0) is 36.8 Å². The van der Waals surface area contributed by atoms with Gasteiger partial charge in [0.25, 0.3) is 0 Å². The first kappa shape index (κ1) is 15.3. The highest BCUT2D eigenvalue weighted by Crippen LogP contribution is 2.18. The molecule has 0 aliphatic rings. The monoisotopic (exact) mass is 336 g/mol. The molecular formula is C17H16N6O2. The summed E-state index contributed by atoms with van der Waals surface area (Å²) < 4.78 is 12.2. The van der Waals surface area contributed by atoms with Crippen molar-refractivity contribution in [2.45, 2.75) is 19.5 Å². The lowest BCUT2D eigenvalue weighted by molar-refractivity contribution is 0.360. The molecule has 1 atom stereocenters. The van der Waals surface area contributed by atoms with Crippen molar-refractivity contribution in [1.29, 1.82) is 0 Å². The van der Waals surface area contributed by atoms with Gasteiger partial charge in [0.15, 0.2) is 5.76 Å². The number of aromatic nitrogens is 5. The minimum absolute atomic E-state index is 0.128. The van der Waals surface area contributed by atoms with E-state index in [0.29, 0.717) is 24.0 Å². The maximum atomic E-state index is 5.25. The zero-order valence-corrected chi connectivity index (χ0v) is 13.5. The van der Waals surface area contributed by atoms with Crippen molar-refractivity contribution in [2.24, 2.45) is 0 Å². The summed E-state index contributed by atoms with van der Waals surface area (Å²) in [5, 5.41) is 11.4. The van der Waals surface area contributed by atoms with Crippen molar-refractivity contribution < 1.29 is 8.94 Å². The molecule has 0 radical (unpaired) electrons. The lowest BCUT2D eigenvalue weighted by atomic mass is 10.1. The van der Waals surface area contributed by atoms with Gasteiger partial charge in [-0.2, -0.15) is 10.1 Å². The maximum absolute atomic E-state index is 5.25. The fourth-order valence-electron chi connectivity index (χ4n) is 2.45. The second-order valence-electron chi connectivity index (χ2n) is 5.52. The maximum Gasteiger partial charge on any atom is 0.241 e. The van der Waals surface area contributed by atoms with Crippen LogP contribution in [0.4, 0.5) is 0 Å². The minimum Gasteiger partial charge on any atom is -0.461 e. The molecule has 8 heteroatoms. The lowest BCUT2D eigenvalue weighted by Gasteiger charge is -2.13. The van der Waals surface area contributed by atoms with Crippen molar-refractivity contribution in [1.82, 2.24) is 30.2 Å². The number of benzene rings is 1. The second-order valence-corrected chi connectivity index (χ2v) is 5.52. The summed E-state index contributed by atoms with van der Waals surface area (Å²) in [6, 6.07) is 11.8. The summed E-state index contributed by atoms with van der Waals surface area (Å²) >= 11 is 0. The van der Waals surface area contributed by atoms with Crippen LogP contribution in [0.2, 0.25) is 0 Å². The van der Waals surface area contributed by atoms with Gasteiger partial charge in [0.2, 0.25) is 11.7 Å². The Bertz CT molecular complexity index is 913. The van der Waals surface area contributed by atoms with Gasteiger partial charge in [0.1, 0.15) is 12.7 Å². The summed E-state index contributed by atoms with van der Waals surface area (Å²) in [5.74, 6) is 1.55. The van der Waals surface area contributed by atoms with Gasteiger partial charge in [-0.3, -0.25) is 0 Å². The predicted molar refractivity (Wildman–Crippen MR) is 88.6 cm³/mol. The van der Waals surface area contributed by atoms with Crippen LogP contribution >= 0.6 is 0 Å². The molecule has 0 aliphatic carbocycles. The molecule has 0 saturated carbocycles. The van der Waals surface area contributed by atoms with E-state index in [1.165, 1.54) is 6.33 Å². The van der Waals surface area contributed by atoms with Gasteiger partial charge >= 0.3 is 0 Å². The molecule has 0 unspecified atom stereocenters. The Morgan fingerprint density at radius 3 is 2.80 bits per heavy atom. The number of nitrogens with one attached hydrogen (secondary N) is 1. The third-order valence-corrected chi connectivity index (χ3v) is 3.85. The quantitative estimate of drug-likeness (QED) is 0.578. The highest BCUT2D eigenvalue weighted by Gasteiger charge is 2.12. The molecule has 25 heavy (non-hydrogen) atoms. The van der Waals surface area contributed by atoms with E-state index < -0.39 is 0 Å². The Morgan fingerprint density at radius 2 is 2.08 bits per heavy atom. The average Bonchev–Trinajstić information content (AvgIpc) is 3.42. The van der Waals surface area contributed by atoms with Crippen LogP contribution in [0.3, 0.4) is 0 Å². The molecule has 4 aromatic rings. The van der Waals surface area contributed by atoms with E-state index >= 15 is 0 Å². The number of nitrogens with zero attached hydrogens (tertiary/aromatic N) is 5. The molecule has 8 nitrogen and oxygen atoms in total. The standard InChI is InChI=1S/C17H16N6O2/c1-12(13-4-6-14(7-5-13)23-11-18-10-20-23)19-9-16-21-17(22-25-16)15-3-2-8-24-15/h2-8,10-12,19H,9H2,1H3/t12-/m1/s1. The number of furan rings is 1. The van der Waals surface area contributed by atoms with Gasteiger partial charge in [-0.15, -0.1) is 0 Å². The van der Waals surface area contributed by atoms with Crippen LogP contribution in [-0.4, -0.2) is 24.9 Å². The number of hydrogen-bond acceptors (Lipinski definition) is 7. The molecular weight excluding hydrogens is 320 g/mol. The summed E-state index contributed by atoms with van der Waals surface area (Å²) in [5.41, 5.74) is 2.11. The second kappa shape index (κ2) is 6.70. The Hall–Kier alpha value is -3.26. The van der Waals surface area contributed by atoms with E-state index in [1.54, 1.807) is 29.4 Å². The summed E-state index contributed by atoms with van der Waals surface area (Å²) in [6.07, 6.45) is 4.76. The summed E-state index contributed by atoms with van der Waals surface area (Å²) in [7, 11) is 0. The molecule has 0 aliphatic heterocycles. The molecule has 3 aromatic heterocycles. The molecule has 1 N–H and O–H groups in total. The molecule has 126 valence electrons. The third-order valence-electron chi connectivity index (χ3n) is 3.85. The summed E-state index contributed by atoms with van der Waals surface area (Å²) in [4.78, 5) is 8.26. The van der Waals surface area contributed by atoms with Crippen LogP contribution in [0.25, 0.3) is 17.3 Å². The van der Waals surface area contributed by atoms with E-state index in [1.807, 2.05) is 12.1 Å². The smallest absolute Gasteiger partial charge is 0.241 e. The van der Waals surface area contributed by atoms with E-state index in [-0.39, 0.29) is 6.04 Å². The molecule has 3 heterocycles. The topological polar surface area (TPSA) is 94.8 Å².